The number of rotatable bonds is 7. The Hall–Kier alpha value is -1.29. The topological polar surface area (TPSA) is 73.1 Å². The number of amides is 1. The molecule has 2 N–H and O–H groups in total. The Morgan fingerprint density at radius 1 is 1.31 bits per heavy atom. The minimum Gasteiger partial charge on any atom is -0.469 e. The zero-order valence-corrected chi connectivity index (χ0v) is 18.4. The monoisotopic (exact) mass is 477 g/mol. The molecule has 2 rings (SSSR count). The second-order valence-corrected chi connectivity index (χ2v) is 6.55. The summed E-state index contributed by atoms with van der Waals surface area (Å²) in [5.41, 5.74) is 0. The summed E-state index contributed by atoms with van der Waals surface area (Å²) in [7, 11) is 0. The van der Waals surface area contributed by atoms with Gasteiger partial charge in [-0.15, -0.1) is 24.0 Å². The predicted octanol–water partition coefficient (Wildman–Crippen LogP) is 1.55. The van der Waals surface area contributed by atoms with Crippen LogP contribution in [-0.2, 0) is 11.2 Å². The van der Waals surface area contributed by atoms with Gasteiger partial charge in [-0.05, 0) is 32.9 Å². The lowest BCUT2D eigenvalue weighted by molar-refractivity contribution is -0.123. The maximum Gasteiger partial charge on any atom is 0.234 e. The average molecular weight is 477 g/mol. The summed E-state index contributed by atoms with van der Waals surface area (Å²) in [4.78, 5) is 21.1. The van der Waals surface area contributed by atoms with E-state index in [9.17, 15) is 4.79 Å². The number of aliphatic imine (C=N–C) groups is 1. The molecule has 0 radical (unpaired) electrons. The van der Waals surface area contributed by atoms with Gasteiger partial charge in [0.05, 0.1) is 12.8 Å². The summed E-state index contributed by atoms with van der Waals surface area (Å²) in [6, 6.07) is 4.07. The molecule has 0 atom stereocenters. The van der Waals surface area contributed by atoms with Crippen molar-refractivity contribution in [3.8, 4) is 0 Å². The Kier molecular flexibility index (Phi) is 10.6. The smallest absolute Gasteiger partial charge is 0.234 e. The number of carbonyl (C=O) groups excluding carboxylic acids is 1. The molecule has 7 nitrogen and oxygen atoms in total. The zero-order valence-electron chi connectivity index (χ0n) is 16.0. The van der Waals surface area contributed by atoms with Gasteiger partial charge in [-0.1, -0.05) is 0 Å². The van der Waals surface area contributed by atoms with Crippen LogP contribution < -0.4 is 10.6 Å². The van der Waals surface area contributed by atoms with Crippen LogP contribution in [0, 0.1) is 0 Å². The van der Waals surface area contributed by atoms with E-state index in [1.807, 2.05) is 26.0 Å². The highest BCUT2D eigenvalue weighted by Gasteiger charge is 2.21. The van der Waals surface area contributed by atoms with Crippen molar-refractivity contribution in [2.75, 3.05) is 45.8 Å². The number of nitrogens with one attached hydrogen (secondary N) is 2. The standard InChI is InChI=1S/C18H31N5O2.HI/c1-4-19-18(20-8-7-16-6-5-13-25-16)23-11-9-22(10-12-23)14-17(24)21-15(2)3;/h5-6,13,15H,4,7-12,14H2,1-3H3,(H,19,20)(H,21,24);1H. The second-order valence-electron chi connectivity index (χ2n) is 6.55. The molecule has 1 aliphatic heterocycles. The number of hydrogen-bond donors (Lipinski definition) is 2. The van der Waals surface area contributed by atoms with E-state index in [-0.39, 0.29) is 35.9 Å². The zero-order chi connectivity index (χ0) is 18.1. The Balaban J connectivity index is 0.00000338. The Morgan fingerprint density at radius 3 is 2.62 bits per heavy atom. The van der Waals surface area contributed by atoms with Gasteiger partial charge in [-0.3, -0.25) is 14.7 Å². The van der Waals surface area contributed by atoms with Gasteiger partial charge in [0.1, 0.15) is 5.76 Å². The number of piperazine rings is 1. The van der Waals surface area contributed by atoms with Crippen LogP contribution in [0.3, 0.4) is 0 Å². The first kappa shape index (κ1) is 22.8. The second kappa shape index (κ2) is 12.2. The van der Waals surface area contributed by atoms with E-state index in [4.69, 9.17) is 9.41 Å². The van der Waals surface area contributed by atoms with Crippen molar-refractivity contribution in [3.05, 3.63) is 24.2 Å². The first-order valence-corrected chi connectivity index (χ1v) is 9.16. The molecule has 1 aromatic rings. The molecule has 1 aliphatic rings. The lowest BCUT2D eigenvalue weighted by Crippen LogP contribution is -2.54. The van der Waals surface area contributed by atoms with Crippen molar-refractivity contribution in [2.24, 2.45) is 4.99 Å². The van der Waals surface area contributed by atoms with E-state index >= 15 is 0 Å². The molecule has 0 aromatic carbocycles. The molecule has 148 valence electrons. The van der Waals surface area contributed by atoms with Gasteiger partial charge in [0.15, 0.2) is 5.96 Å². The van der Waals surface area contributed by atoms with Gasteiger partial charge in [0.2, 0.25) is 5.91 Å². The van der Waals surface area contributed by atoms with Crippen molar-refractivity contribution < 1.29 is 9.21 Å². The van der Waals surface area contributed by atoms with Gasteiger partial charge in [0, 0.05) is 51.7 Å². The fourth-order valence-corrected chi connectivity index (χ4v) is 2.84. The molecule has 1 fully saturated rings. The minimum absolute atomic E-state index is 0. The summed E-state index contributed by atoms with van der Waals surface area (Å²) >= 11 is 0. The average Bonchev–Trinajstić information content (AvgIpc) is 3.07. The molecule has 2 heterocycles. The number of carbonyl (C=O) groups is 1. The third kappa shape index (κ3) is 7.94. The van der Waals surface area contributed by atoms with Crippen LogP contribution in [0.1, 0.15) is 26.5 Å². The minimum atomic E-state index is 0. The van der Waals surface area contributed by atoms with Gasteiger partial charge >= 0.3 is 0 Å². The van der Waals surface area contributed by atoms with Crippen molar-refractivity contribution in [2.45, 2.75) is 33.2 Å². The van der Waals surface area contributed by atoms with Crippen molar-refractivity contribution in [1.82, 2.24) is 20.4 Å². The summed E-state index contributed by atoms with van der Waals surface area (Å²) in [5, 5.41) is 6.31. The van der Waals surface area contributed by atoms with Crippen LogP contribution in [0.25, 0.3) is 0 Å². The lowest BCUT2D eigenvalue weighted by atomic mass is 10.3. The summed E-state index contributed by atoms with van der Waals surface area (Å²) in [5.74, 6) is 2.00. The summed E-state index contributed by atoms with van der Waals surface area (Å²) in [6.45, 7) is 11.6. The van der Waals surface area contributed by atoms with Gasteiger partial charge in [-0.2, -0.15) is 0 Å². The first-order chi connectivity index (χ1) is 12.1. The van der Waals surface area contributed by atoms with E-state index in [0.29, 0.717) is 13.1 Å². The number of halogens is 1. The molecule has 0 aliphatic carbocycles. The first-order valence-electron chi connectivity index (χ1n) is 9.16. The highest BCUT2D eigenvalue weighted by molar-refractivity contribution is 14.0. The van der Waals surface area contributed by atoms with E-state index in [0.717, 1.165) is 50.9 Å². The fraction of sp³-hybridized carbons (Fsp3) is 0.667. The quantitative estimate of drug-likeness (QED) is 0.354. The van der Waals surface area contributed by atoms with E-state index in [1.165, 1.54) is 0 Å². The van der Waals surface area contributed by atoms with Crippen LogP contribution in [0.2, 0.25) is 0 Å². The van der Waals surface area contributed by atoms with Crippen LogP contribution in [-0.4, -0.2) is 73.5 Å². The largest absolute Gasteiger partial charge is 0.469 e. The number of hydrogen-bond acceptors (Lipinski definition) is 4. The molecule has 0 spiro atoms. The molecule has 1 aromatic heterocycles. The van der Waals surface area contributed by atoms with Crippen molar-refractivity contribution in [3.63, 3.8) is 0 Å². The molecular formula is C18H32IN5O2. The SMILES string of the molecule is CCNC(=NCCc1ccco1)N1CCN(CC(=O)NC(C)C)CC1.I. The van der Waals surface area contributed by atoms with Crippen LogP contribution >= 0.6 is 24.0 Å². The molecule has 0 bridgehead atoms. The highest BCUT2D eigenvalue weighted by Crippen LogP contribution is 2.04. The van der Waals surface area contributed by atoms with Gasteiger partial charge in [0.25, 0.3) is 0 Å². The fourth-order valence-electron chi connectivity index (χ4n) is 2.84. The normalized spacial score (nSPS) is 15.7. The Morgan fingerprint density at radius 2 is 2.04 bits per heavy atom. The summed E-state index contributed by atoms with van der Waals surface area (Å²) in [6.07, 6.45) is 2.50. The van der Waals surface area contributed by atoms with Crippen LogP contribution in [0.4, 0.5) is 0 Å². The molecule has 0 unspecified atom stereocenters. The van der Waals surface area contributed by atoms with Crippen molar-refractivity contribution in [1.29, 1.82) is 0 Å². The lowest BCUT2D eigenvalue weighted by Gasteiger charge is -2.36. The van der Waals surface area contributed by atoms with Gasteiger partial charge < -0.3 is 20.0 Å². The predicted molar refractivity (Wildman–Crippen MR) is 115 cm³/mol. The molecule has 1 amide bonds. The number of nitrogens with zero attached hydrogens (tertiary/aromatic N) is 3. The number of furan rings is 1. The Labute approximate surface area is 173 Å². The molecule has 1 saturated heterocycles. The number of guanidine groups is 1. The van der Waals surface area contributed by atoms with Crippen LogP contribution in [0.15, 0.2) is 27.8 Å². The van der Waals surface area contributed by atoms with Gasteiger partial charge in [-0.25, -0.2) is 0 Å². The highest BCUT2D eigenvalue weighted by atomic mass is 127. The van der Waals surface area contributed by atoms with E-state index in [2.05, 4.69) is 27.4 Å². The molecule has 26 heavy (non-hydrogen) atoms. The maximum absolute atomic E-state index is 11.9. The van der Waals surface area contributed by atoms with E-state index < -0.39 is 0 Å². The molecular weight excluding hydrogens is 445 g/mol. The summed E-state index contributed by atoms with van der Waals surface area (Å²) < 4.78 is 5.35. The molecule has 0 saturated carbocycles. The third-order valence-corrected chi connectivity index (χ3v) is 4.02. The Bertz CT molecular complexity index is 540. The third-order valence-electron chi connectivity index (χ3n) is 4.02. The molecule has 8 heteroatoms. The van der Waals surface area contributed by atoms with Crippen molar-refractivity contribution >= 4 is 35.8 Å². The van der Waals surface area contributed by atoms with E-state index in [1.54, 1.807) is 6.26 Å². The van der Waals surface area contributed by atoms with Crippen LogP contribution in [0.5, 0.6) is 0 Å². The maximum atomic E-state index is 11.9.